The standard InChI is InChI=1S/C6H10N4S2/c1-3-11-5-7-9-6(10-8-5)12-4-2/h3-4H2,1-2H3. The van der Waals surface area contributed by atoms with Crippen molar-refractivity contribution in [2.75, 3.05) is 11.5 Å². The van der Waals surface area contributed by atoms with Crippen LogP contribution in [0.15, 0.2) is 10.3 Å². The molecule has 0 aromatic carbocycles. The highest BCUT2D eigenvalue weighted by Gasteiger charge is 1.99. The van der Waals surface area contributed by atoms with Crippen LogP contribution in [0.1, 0.15) is 13.8 Å². The van der Waals surface area contributed by atoms with Gasteiger partial charge in [-0.25, -0.2) is 0 Å². The number of nitrogens with zero attached hydrogens (tertiary/aromatic N) is 4. The van der Waals surface area contributed by atoms with Gasteiger partial charge in [0.15, 0.2) is 0 Å². The second kappa shape index (κ2) is 5.31. The van der Waals surface area contributed by atoms with Gasteiger partial charge in [0.1, 0.15) is 0 Å². The van der Waals surface area contributed by atoms with E-state index < -0.39 is 0 Å². The first-order valence-electron chi connectivity index (χ1n) is 3.69. The van der Waals surface area contributed by atoms with E-state index in [1.807, 2.05) is 13.8 Å². The van der Waals surface area contributed by atoms with E-state index in [-0.39, 0.29) is 0 Å². The van der Waals surface area contributed by atoms with E-state index in [2.05, 4.69) is 20.4 Å². The van der Waals surface area contributed by atoms with E-state index >= 15 is 0 Å². The van der Waals surface area contributed by atoms with Crippen molar-refractivity contribution in [1.82, 2.24) is 20.4 Å². The summed E-state index contributed by atoms with van der Waals surface area (Å²) in [6, 6.07) is 0. The predicted molar refractivity (Wildman–Crippen MR) is 50.4 cm³/mol. The molecule has 66 valence electrons. The zero-order valence-corrected chi connectivity index (χ0v) is 8.65. The average molecular weight is 202 g/mol. The highest BCUT2D eigenvalue weighted by atomic mass is 32.2. The molecule has 0 fully saturated rings. The highest BCUT2D eigenvalue weighted by molar-refractivity contribution is 7.99. The fraction of sp³-hybridized carbons (Fsp3) is 0.667. The second-order valence-corrected chi connectivity index (χ2v) is 4.29. The maximum Gasteiger partial charge on any atom is 0.229 e. The van der Waals surface area contributed by atoms with Crippen LogP contribution in [0.3, 0.4) is 0 Å². The average Bonchev–Trinajstić information content (AvgIpc) is 2.09. The minimum absolute atomic E-state index is 0.651. The monoisotopic (exact) mass is 202 g/mol. The summed E-state index contributed by atoms with van der Waals surface area (Å²) in [6.07, 6.45) is 0. The number of hydrogen-bond acceptors (Lipinski definition) is 6. The molecule has 0 N–H and O–H groups in total. The van der Waals surface area contributed by atoms with Crippen molar-refractivity contribution < 1.29 is 0 Å². The number of rotatable bonds is 4. The summed E-state index contributed by atoms with van der Waals surface area (Å²) in [5, 5.41) is 16.9. The molecule has 0 bridgehead atoms. The van der Waals surface area contributed by atoms with Crippen LogP contribution < -0.4 is 0 Å². The van der Waals surface area contributed by atoms with Gasteiger partial charge in [0.2, 0.25) is 10.3 Å². The first kappa shape index (κ1) is 9.73. The first-order valence-corrected chi connectivity index (χ1v) is 5.67. The van der Waals surface area contributed by atoms with E-state index in [4.69, 9.17) is 0 Å². The summed E-state index contributed by atoms with van der Waals surface area (Å²) < 4.78 is 0. The molecule has 0 aliphatic rings. The Morgan fingerprint density at radius 2 is 1.17 bits per heavy atom. The Morgan fingerprint density at radius 3 is 1.42 bits per heavy atom. The van der Waals surface area contributed by atoms with Gasteiger partial charge in [0.05, 0.1) is 0 Å². The molecule has 4 nitrogen and oxygen atoms in total. The Bertz CT molecular complexity index is 200. The van der Waals surface area contributed by atoms with Crippen molar-refractivity contribution in [1.29, 1.82) is 0 Å². The van der Waals surface area contributed by atoms with E-state index in [1.165, 1.54) is 0 Å². The normalized spacial score (nSPS) is 10.2. The maximum atomic E-state index is 3.91. The Hall–Kier alpha value is -0.360. The molecule has 1 heterocycles. The molecule has 0 atom stereocenters. The zero-order valence-electron chi connectivity index (χ0n) is 7.02. The summed E-state index contributed by atoms with van der Waals surface area (Å²) in [5.41, 5.74) is 0. The second-order valence-electron chi connectivity index (χ2n) is 1.83. The summed E-state index contributed by atoms with van der Waals surface area (Å²) in [6.45, 7) is 4.09. The minimum atomic E-state index is 0.651. The highest BCUT2D eigenvalue weighted by Crippen LogP contribution is 2.12. The zero-order chi connectivity index (χ0) is 8.81. The largest absolute Gasteiger partial charge is 0.229 e. The van der Waals surface area contributed by atoms with Crippen molar-refractivity contribution in [2.45, 2.75) is 24.2 Å². The van der Waals surface area contributed by atoms with Crippen LogP contribution in [0.25, 0.3) is 0 Å². The lowest BCUT2D eigenvalue weighted by Crippen LogP contribution is -1.97. The van der Waals surface area contributed by atoms with Gasteiger partial charge in [-0.3, -0.25) is 0 Å². The van der Waals surface area contributed by atoms with Gasteiger partial charge in [-0.2, -0.15) is 0 Å². The molecule has 1 aromatic heterocycles. The lowest BCUT2D eigenvalue weighted by molar-refractivity contribution is 0.666. The minimum Gasteiger partial charge on any atom is -0.119 e. The molecule has 1 rings (SSSR count). The number of thioether (sulfide) groups is 2. The smallest absolute Gasteiger partial charge is 0.119 e. The van der Waals surface area contributed by atoms with Gasteiger partial charge in [-0.1, -0.05) is 37.4 Å². The number of hydrogen-bond donors (Lipinski definition) is 0. The van der Waals surface area contributed by atoms with Crippen LogP contribution in [0.2, 0.25) is 0 Å². The van der Waals surface area contributed by atoms with Crippen LogP contribution in [-0.4, -0.2) is 31.9 Å². The summed E-state index contributed by atoms with van der Waals surface area (Å²) in [7, 11) is 0. The van der Waals surface area contributed by atoms with Crippen molar-refractivity contribution in [3.8, 4) is 0 Å². The predicted octanol–water partition coefficient (Wildman–Crippen LogP) is 1.49. The van der Waals surface area contributed by atoms with Gasteiger partial charge < -0.3 is 0 Å². The Morgan fingerprint density at radius 1 is 0.833 bits per heavy atom. The van der Waals surface area contributed by atoms with Crippen molar-refractivity contribution >= 4 is 23.5 Å². The van der Waals surface area contributed by atoms with Crippen molar-refractivity contribution in [2.24, 2.45) is 0 Å². The molecule has 12 heavy (non-hydrogen) atoms. The van der Waals surface area contributed by atoms with E-state index in [1.54, 1.807) is 23.5 Å². The Labute approximate surface area is 80.0 Å². The fourth-order valence-corrected chi connectivity index (χ4v) is 1.50. The van der Waals surface area contributed by atoms with Crippen LogP contribution in [0, 0.1) is 0 Å². The molecule has 0 spiro atoms. The van der Waals surface area contributed by atoms with Gasteiger partial charge in [-0.05, 0) is 11.5 Å². The fourth-order valence-electron chi connectivity index (χ4n) is 0.585. The molecule has 0 amide bonds. The summed E-state index contributed by atoms with van der Waals surface area (Å²) >= 11 is 3.09. The lowest BCUT2D eigenvalue weighted by Gasteiger charge is -1.95. The third-order valence-corrected chi connectivity index (χ3v) is 2.41. The molecular weight excluding hydrogens is 192 g/mol. The molecule has 0 saturated carbocycles. The van der Waals surface area contributed by atoms with Crippen LogP contribution >= 0.6 is 23.5 Å². The van der Waals surface area contributed by atoms with Crippen LogP contribution in [0.4, 0.5) is 0 Å². The van der Waals surface area contributed by atoms with E-state index in [9.17, 15) is 0 Å². The lowest BCUT2D eigenvalue weighted by atomic mass is 11.0. The van der Waals surface area contributed by atoms with Gasteiger partial charge >= 0.3 is 0 Å². The first-order chi connectivity index (χ1) is 5.86. The molecule has 0 aliphatic heterocycles. The molecule has 0 unspecified atom stereocenters. The molecule has 0 saturated heterocycles. The van der Waals surface area contributed by atoms with Crippen molar-refractivity contribution in [3.05, 3.63) is 0 Å². The molecule has 1 aromatic rings. The van der Waals surface area contributed by atoms with Crippen LogP contribution in [-0.2, 0) is 0 Å². The van der Waals surface area contributed by atoms with Crippen molar-refractivity contribution in [3.63, 3.8) is 0 Å². The third-order valence-electron chi connectivity index (χ3n) is 0.989. The van der Waals surface area contributed by atoms with Crippen LogP contribution in [0.5, 0.6) is 0 Å². The van der Waals surface area contributed by atoms with Gasteiger partial charge in [0, 0.05) is 0 Å². The number of aromatic nitrogens is 4. The quantitative estimate of drug-likeness (QED) is 0.689. The maximum absolute atomic E-state index is 3.91. The Balaban J connectivity index is 2.58. The molecular formula is C6H10N4S2. The summed E-state index contributed by atoms with van der Waals surface area (Å²) in [5.74, 6) is 1.90. The van der Waals surface area contributed by atoms with Gasteiger partial charge in [0.25, 0.3) is 0 Å². The van der Waals surface area contributed by atoms with E-state index in [0.717, 1.165) is 11.5 Å². The third kappa shape index (κ3) is 2.94. The molecule has 0 aliphatic carbocycles. The molecule has 0 radical (unpaired) electrons. The Kier molecular flexibility index (Phi) is 4.31. The summed E-state index contributed by atoms with van der Waals surface area (Å²) in [4.78, 5) is 0. The van der Waals surface area contributed by atoms with Gasteiger partial charge in [-0.15, -0.1) is 20.4 Å². The molecule has 6 heteroatoms. The SMILES string of the molecule is CCSc1nnc(SCC)nn1. The van der Waals surface area contributed by atoms with E-state index in [0.29, 0.717) is 10.3 Å². The topological polar surface area (TPSA) is 51.6 Å².